The molecule has 0 fully saturated rings. The van der Waals surface area contributed by atoms with E-state index < -0.39 is 11.4 Å². The first kappa shape index (κ1) is 16.8. The van der Waals surface area contributed by atoms with Gasteiger partial charge < -0.3 is 19.8 Å². The van der Waals surface area contributed by atoms with Crippen LogP contribution in [0.2, 0.25) is 10.0 Å². The molecule has 7 heteroatoms. The monoisotopic (exact) mass is 341 g/mol. The average Bonchev–Trinajstić information content (AvgIpc) is 2.40. The standard InChI is InChI=1S/C15H16Cl2N2O3/c1-4-10(19(2)3)12-13(15(21)22)18-9-6-7(16)5-8(17)11(9)14(12)20/h5-6,10H,4H2,1-3H3,(H,18,20)(H,21,22)/p-1. The Labute approximate surface area is 137 Å². The number of fused-ring (bicyclic) bond motifs is 1. The van der Waals surface area contributed by atoms with Crippen molar-refractivity contribution in [1.82, 2.24) is 9.88 Å². The predicted octanol–water partition coefficient (Wildman–Crippen LogP) is 2.21. The number of hydrogen-bond acceptors (Lipinski definition) is 4. The van der Waals surface area contributed by atoms with Gasteiger partial charge in [-0.1, -0.05) is 30.1 Å². The third-order valence-corrected chi connectivity index (χ3v) is 4.12. The molecule has 1 atom stereocenters. The summed E-state index contributed by atoms with van der Waals surface area (Å²) >= 11 is 12.0. The molecule has 0 spiro atoms. The maximum absolute atomic E-state index is 12.8. The van der Waals surface area contributed by atoms with Crippen LogP contribution in [-0.2, 0) is 0 Å². The molecule has 0 bridgehead atoms. The fourth-order valence-electron chi connectivity index (χ4n) is 2.66. The number of H-pyrrole nitrogens is 1. The number of halogens is 2. The quantitative estimate of drug-likeness (QED) is 0.924. The summed E-state index contributed by atoms with van der Waals surface area (Å²) in [7, 11) is 3.56. The topological polar surface area (TPSA) is 76.2 Å². The molecule has 0 amide bonds. The Morgan fingerprint density at radius 2 is 2.00 bits per heavy atom. The molecule has 2 rings (SSSR count). The van der Waals surface area contributed by atoms with Crippen molar-refractivity contribution in [2.45, 2.75) is 19.4 Å². The highest BCUT2D eigenvalue weighted by molar-refractivity contribution is 6.38. The summed E-state index contributed by atoms with van der Waals surface area (Å²) in [4.78, 5) is 28.8. The SMILES string of the molecule is CCC(c1c(C(=O)[O-])[nH]c2cc(Cl)cc(Cl)c2c1=O)N(C)C. The molecule has 1 N–H and O–H groups in total. The third-order valence-electron chi connectivity index (χ3n) is 3.60. The molecular formula is C15H15Cl2N2O3-. The molecule has 1 aromatic heterocycles. The number of rotatable bonds is 4. The second kappa shape index (κ2) is 6.28. The molecule has 0 aliphatic heterocycles. The van der Waals surface area contributed by atoms with E-state index in [4.69, 9.17) is 23.2 Å². The van der Waals surface area contributed by atoms with Gasteiger partial charge in [0.25, 0.3) is 0 Å². The zero-order valence-corrected chi connectivity index (χ0v) is 13.9. The number of carboxylic acid groups (broad SMARTS) is 1. The van der Waals surface area contributed by atoms with Crippen molar-refractivity contribution in [2.24, 2.45) is 0 Å². The number of hydrogen-bond donors (Lipinski definition) is 1. The van der Waals surface area contributed by atoms with Gasteiger partial charge in [-0.05, 0) is 32.6 Å². The second-order valence-electron chi connectivity index (χ2n) is 5.23. The smallest absolute Gasteiger partial charge is 0.196 e. The van der Waals surface area contributed by atoms with Crippen molar-refractivity contribution in [2.75, 3.05) is 14.1 Å². The maximum atomic E-state index is 12.8. The van der Waals surface area contributed by atoms with E-state index in [0.29, 0.717) is 11.4 Å². The molecule has 0 aliphatic rings. The lowest BCUT2D eigenvalue weighted by Gasteiger charge is -2.25. The largest absolute Gasteiger partial charge is 0.543 e. The van der Waals surface area contributed by atoms with E-state index in [9.17, 15) is 14.7 Å². The molecule has 1 aromatic carbocycles. The summed E-state index contributed by atoms with van der Waals surface area (Å²) in [6.45, 7) is 1.87. The lowest BCUT2D eigenvalue weighted by molar-refractivity contribution is -0.255. The average molecular weight is 342 g/mol. The number of carbonyl (C=O) groups is 1. The highest BCUT2D eigenvalue weighted by atomic mass is 35.5. The molecule has 2 aromatic rings. The van der Waals surface area contributed by atoms with Crippen LogP contribution in [0.15, 0.2) is 16.9 Å². The summed E-state index contributed by atoms with van der Waals surface area (Å²) in [5, 5.41) is 12.2. The summed E-state index contributed by atoms with van der Waals surface area (Å²) in [5.41, 5.74) is -0.241. The van der Waals surface area contributed by atoms with E-state index >= 15 is 0 Å². The lowest BCUT2D eigenvalue weighted by atomic mass is 9.98. The highest BCUT2D eigenvalue weighted by Gasteiger charge is 2.23. The Kier molecular flexibility index (Phi) is 4.80. The number of aromatic nitrogens is 1. The van der Waals surface area contributed by atoms with Crippen molar-refractivity contribution in [3.05, 3.63) is 43.7 Å². The van der Waals surface area contributed by atoms with Crippen LogP contribution in [0.25, 0.3) is 10.9 Å². The number of aromatic amines is 1. The summed E-state index contributed by atoms with van der Waals surface area (Å²) < 4.78 is 0. The van der Waals surface area contributed by atoms with Crippen molar-refractivity contribution in [3.63, 3.8) is 0 Å². The lowest BCUT2D eigenvalue weighted by Crippen LogP contribution is -2.33. The zero-order chi connectivity index (χ0) is 16.6. The van der Waals surface area contributed by atoms with Crippen LogP contribution in [0.1, 0.15) is 35.4 Å². The summed E-state index contributed by atoms with van der Waals surface area (Å²) in [6.07, 6.45) is 0.563. The molecule has 0 saturated heterocycles. The minimum atomic E-state index is -1.44. The van der Waals surface area contributed by atoms with Gasteiger partial charge in [-0.3, -0.25) is 4.79 Å². The van der Waals surface area contributed by atoms with E-state index in [1.54, 1.807) is 19.0 Å². The van der Waals surface area contributed by atoms with Crippen LogP contribution in [0.5, 0.6) is 0 Å². The van der Waals surface area contributed by atoms with E-state index in [1.165, 1.54) is 12.1 Å². The maximum Gasteiger partial charge on any atom is 0.196 e. The molecule has 1 unspecified atom stereocenters. The number of carbonyl (C=O) groups excluding carboxylic acids is 1. The van der Waals surface area contributed by atoms with Crippen molar-refractivity contribution < 1.29 is 9.90 Å². The van der Waals surface area contributed by atoms with Gasteiger partial charge in [0.15, 0.2) is 5.43 Å². The molecule has 0 aliphatic carbocycles. The van der Waals surface area contributed by atoms with Gasteiger partial charge in [-0.2, -0.15) is 0 Å². The van der Waals surface area contributed by atoms with Gasteiger partial charge in [0.1, 0.15) is 0 Å². The number of carboxylic acids is 1. The minimum Gasteiger partial charge on any atom is -0.543 e. The Bertz CT molecular complexity index is 799. The normalized spacial score (nSPS) is 12.8. The van der Waals surface area contributed by atoms with Crippen molar-refractivity contribution >= 4 is 40.1 Å². The Morgan fingerprint density at radius 3 is 2.50 bits per heavy atom. The molecule has 0 saturated carbocycles. The minimum absolute atomic E-state index is 0.143. The molecule has 5 nitrogen and oxygen atoms in total. The fourth-order valence-corrected chi connectivity index (χ4v) is 3.24. The van der Waals surface area contributed by atoms with Crippen LogP contribution in [-0.4, -0.2) is 29.9 Å². The van der Waals surface area contributed by atoms with Gasteiger partial charge in [-0.15, -0.1) is 0 Å². The van der Waals surface area contributed by atoms with E-state index in [1.807, 2.05) is 6.92 Å². The Morgan fingerprint density at radius 1 is 1.36 bits per heavy atom. The van der Waals surface area contributed by atoms with Crippen LogP contribution in [0, 0.1) is 0 Å². The van der Waals surface area contributed by atoms with E-state index in [0.717, 1.165) is 0 Å². The molecule has 1 heterocycles. The fraction of sp³-hybridized carbons (Fsp3) is 0.333. The van der Waals surface area contributed by atoms with Crippen LogP contribution >= 0.6 is 23.2 Å². The Hall–Kier alpha value is -1.56. The number of aromatic carboxylic acids is 1. The molecule has 0 radical (unpaired) electrons. The van der Waals surface area contributed by atoms with Crippen LogP contribution < -0.4 is 10.5 Å². The third kappa shape index (κ3) is 2.84. The van der Waals surface area contributed by atoms with Gasteiger partial charge >= 0.3 is 0 Å². The molecule has 22 heavy (non-hydrogen) atoms. The number of pyridine rings is 1. The van der Waals surface area contributed by atoms with Gasteiger partial charge in [0.2, 0.25) is 0 Å². The first-order valence-corrected chi connectivity index (χ1v) is 7.46. The predicted molar refractivity (Wildman–Crippen MR) is 85.6 cm³/mol. The summed E-state index contributed by atoms with van der Waals surface area (Å²) in [5.74, 6) is -1.44. The Balaban J connectivity index is 2.96. The van der Waals surface area contributed by atoms with Crippen molar-refractivity contribution in [3.8, 4) is 0 Å². The second-order valence-corrected chi connectivity index (χ2v) is 6.07. The first-order chi connectivity index (χ1) is 10.3. The van der Waals surface area contributed by atoms with Crippen LogP contribution in [0.4, 0.5) is 0 Å². The van der Waals surface area contributed by atoms with Gasteiger partial charge in [0.05, 0.1) is 27.6 Å². The number of nitrogens with one attached hydrogen (secondary N) is 1. The van der Waals surface area contributed by atoms with Crippen molar-refractivity contribution in [1.29, 1.82) is 0 Å². The van der Waals surface area contributed by atoms with Gasteiger partial charge in [-0.25, -0.2) is 0 Å². The number of nitrogens with zero attached hydrogens (tertiary/aromatic N) is 1. The van der Waals surface area contributed by atoms with E-state index in [2.05, 4.69) is 4.98 Å². The van der Waals surface area contributed by atoms with Gasteiger partial charge in [0, 0.05) is 16.6 Å². The molecule has 118 valence electrons. The number of benzene rings is 1. The first-order valence-electron chi connectivity index (χ1n) is 6.70. The van der Waals surface area contributed by atoms with E-state index in [-0.39, 0.29) is 33.2 Å². The highest BCUT2D eigenvalue weighted by Crippen LogP contribution is 2.28. The zero-order valence-electron chi connectivity index (χ0n) is 12.4. The van der Waals surface area contributed by atoms with Crippen LogP contribution in [0.3, 0.4) is 0 Å². The summed E-state index contributed by atoms with van der Waals surface area (Å²) in [6, 6.07) is 2.56. The molecular weight excluding hydrogens is 327 g/mol.